The van der Waals surface area contributed by atoms with E-state index in [0.717, 1.165) is 10.0 Å². The quantitative estimate of drug-likeness (QED) is 0.837. The van der Waals surface area contributed by atoms with Crippen molar-refractivity contribution in [2.45, 2.75) is 25.9 Å². The summed E-state index contributed by atoms with van der Waals surface area (Å²) in [7, 11) is 0. The Labute approximate surface area is 104 Å². The van der Waals surface area contributed by atoms with Crippen molar-refractivity contribution < 1.29 is 0 Å². The molecule has 0 fully saturated rings. The van der Waals surface area contributed by atoms with E-state index < -0.39 is 0 Å². The summed E-state index contributed by atoms with van der Waals surface area (Å²) in [6.45, 7) is 4.64. The van der Waals surface area contributed by atoms with Crippen molar-refractivity contribution in [1.82, 2.24) is 5.32 Å². The van der Waals surface area contributed by atoms with E-state index in [1.54, 1.807) is 0 Å². The molecule has 0 unspecified atom stereocenters. The topological polar surface area (TPSA) is 12.0 Å². The van der Waals surface area contributed by atoms with E-state index in [-0.39, 0.29) is 5.54 Å². The summed E-state index contributed by atoms with van der Waals surface area (Å²) in [4.78, 5) is 0. The molecule has 80 valence electrons. The van der Waals surface area contributed by atoms with Crippen LogP contribution < -0.4 is 5.32 Å². The average molecular weight is 287 g/mol. The standard InChI is InChI=1S/C12H13BrClN/c1-4-12(2,3)15-8-9-5-6-10(13)11(14)7-9/h1,5-7,15H,8H2,2-3H3. The Bertz CT molecular complexity index is 393. The number of benzene rings is 1. The van der Waals surface area contributed by atoms with Crippen LogP contribution in [0.3, 0.4) is 0 Å². The van der Waals surface area contributed by atoms with Crippen molar-refractivity contribution in [3.63, 3.8) is 0 Å². The Balaban J connectivity index is 2.67. The zero-order chi connectivity index (χ0) is 11.5. The highest BCUT2D eigenvalue weighted by Crippen LogP contribution is 2.23. The maximum atomic E-state index is 5.98. The van der Waals surface area contributed by atoms with Gasteiger partial charge in [-0.2, -0.15) is 0 Å². The molecule has 1 aromatic rings. The normalized spacial score (nSPS) is 11.1. The van der Waals surface area contributed by atoms with Gasteiger partial charge in [-0.05, 0) is 47.5 Å². The second kappa shape index (κ2) is 5.03. The van der Waals surface area contributed by atoms with Crippen LogP contribution >= 0.6 is 27.5 Å². The average Bonchev–Trinajstić information content (AvgIpc) is 2.20. The van der Waals surface area contributed by atoms with Crippen LogP contribution in [0.5, 0.6) is 0 Å². The van der Waals surface area contributed by atoms with Gasteiger partial charge in [0.15, 0.2) is 0 Å². The van der Waals surface area contributed by atoms with Gasteiger partial charge in [-0.3, -0.25) is 5.32 Å². The van der Waals surface area contributed by atoms with Crippen LogP contribution in [0, 0.1) is 12.3 Å². The molecular weight excluding hydrogens is 273 g/mol. The minimum Gasteiger partial charge on any atom is -0.298 e. The van der Waals surface area contributed by atoms with Crippen molar-refractivity contribution in [3.8, 4) is 12.3 Å². The molecule has 0 aliphatic heterocycles. The first-order valence-corrected chi connectivity index (χ1v) is 5.78. The Morgan fingerprint density at radius 1 is 1.53 bits per heavy atom. The van der Waals surface area contributed by atoms with Gasteiger partial charge in [-0.25, -0.2) is 0 Å². The van der Waals surface area contributed by atoms with Crippen LogP contribution in [0.15, 0.2) is 22.7 Å². The van der Waals surface area contributed by atoms with Crippen LogP contribution in [0.4, 0.5) is 0 Å². The van der Waals surface area contributed by atoms with E-state index in [2.05, 4.69) is 27.2 Å². The van der Waals surface area contributed by atoms with Gasteiger partial charge in [0, 0.05) is 11.0 Å². The number of terminal acetylenes is 1. The maximum Gasteiger partial charge on any atom is 0.0743 e. The first-order chi connectivity index (χ1) is 6.94. The second-order valence-electron chi connectivity index (χ2n) is 3.87. The number of hydrogen-bond donors (Lipinski definition) is 1. The van der Waals surface area contributed by atoms with Crippen molar-refractivity contribution in [3.05, 3.63) is 33.3 Å². The third-order valence-corrected chi connectivity index (χ3v) is 3.31. The molecule has 15 heavy (non-hydrogen) atoms. The van der Waals surface area contributed by atoms with Gasteiger partial charge in [-0.15, -0.1) is 6.42 Å². The lowest BCUT2D eigenvalue weighted by molar-refractivity contribution is 0.491. The minimum absolute atomic E-state index is 0.292. The molecule has 0 radical (unpaired) electrons. The third-order valence-electron chi connectivity index (χ3n) is 2.08. The predicted octanol–water partition coefficient (Wildman–Crippen LogP) is 3.60. The molecule has 1 nitrogen and oxygen atoms in total. The number of rotatable bonds is 3. The SMILES string of the molecule is C#CC(C)(C)NCc1ccc(Br)c(Cl)c1. The summed E-state index contributed by atoms with van der Waals surface area (Å²) in [5, 5.41) is 3.98. The van der Waals surface area contributed by atoms with Gasteiger partial charge in [-0.1, -0.05) is 23.6 Å². The predicted molar refractivity (Wildman–Crippen MR) is 68.9 cm³/mol. The highest BCUT2D eigenvalue weighted by Gasteiger charge is 2.12. The monoisotopic (exact) mass is 285 g/mol. The van der Waals surface area contributed by atoms with E-state index >= 15 is 0 Å². The van der Waals surface area contributed by atoms with E-state index in [9.17, 15) is 0 Å². The molecule has 0 aliphatic carbocycles. The molecule has 0 amide bonds. The Morgan fingerprint density at radius 3 is 2.73 bits per heavy atom. The fourth-order valence-corrected chi connectivity index (χ4v) is 1.47. The summed E-state index contributed by atoms with van der Waals surface area (Å²) in [5.41, 5.74) is 0.825. The van der Waals surface area contributed by atoms with Crippen LogP contribution in [-0.2, 0) is 6.54 Å². The van der Waals surface area contributed by atoms with E-state index in [1.807, 2.05) is 32.0 Å². The number of nitrogens with one attached hydrogen (secondary N) is 1. The Morgan fingerprint density at radius 2 is 2.20 bits per heavy atom. The van der Waals surface area contributed by atoms with Gasteiger partial charge >= 0.3 is 0 Å². The smallest absolute Gasteiger partial charge is 0.0743 e. The molecule has 0 bridgehead atoms. The molecule has 0 saturated carbocycles. The molecule has 3 heteroatoms. The maximum absolute atomic E-state index is 5.98. The molecule has 1 rings (SSSR count). The molecule has 0 spiro atoms. The molecule has 0 saturated heterocycles. The minimum atomic E-state index is -0.292. The second-order valence-corrected chi connectivity index (χ2v) is 5.13. The van der Waals surface area contributed by atoms with Gasteiger partial charge in [0.05, 0.1) is 10.6 Å². The lowest BCUT2D eigenvalue weighted by atomic mass is 10.1. The fraction of sp³-hybridized carbons (Fsp3) is 0.333. The Kier molecular flexibility index (Phi) is 4.21. The largest absolute Gasteiger partial charge is 0.298 e. The summed E-state index contributed by atoms with van der Waals surface area (Å²) < 4.78 is 0.907. The summed E-state index contributed by atoms with van der Waals surface area (Å²) in [5.74, 6) is 2.68. The molecule has 1 N–H and O–H groups in total. The molecule has 0 aliphatic rings. The zero-order valence-electron chi connectivity index (χ0n) is 8.77. The van der Waals surface area contributed by atoms with E-state index in [0.29, 0.717) is 11.6 Å². The number of hydrogen-bond acceptors (Lipinski definition) is 1. The molecule has 1 aromatic carbocycles. The first-order valence-electron chi connectivity index (χ1n) is 4.61. The van der Waals surface area contributed by atoms with Crippen LogP contribution in [0.2, 0.25) is 5.02 Å². The van der Waals surface area contributed by atoms with Gasteiger partial charge in [0.25, 0.3) is 0 Å². The molecule has 0 heterocycles. The molecular formula is C12H13BrClN. The van der Waals surface area contributed by atoms with Gasteiger partial charge in [0.1, 0.15) is 0 Å². The van der Waals surface area contributed by atoms with Crippen molar-refractivity contribution in [1.29, 1.82) is 0 Å². The van der Waals surface area contributed by atoms with Crippen molar-refractivity contribution in [2.24, 2.45) is 0 Å². The summed E-state index contributed by atoms with van der Waals surface area (Å²) >= 11 is 9.33. The molecule has 0 aromatic heterocycles. The molecule has 0 atom stereocenters. The van der Waals surface area contributed by atoms with Gasteiger partial charge in [0.2, 0.25) is 0 Å². The Hall–Kier alpha value is -0.490. The van der Waals surface area contributed by atoms with Crippen molar-refractivity contribution in [2.75, 3.05) is 0 Å². The van der Waals surface area contributed by atoms with Crippen molar-refractivity contribution >= 4 is 27.5 Å². The first kappa shape index (κ1) is 12.6. The highest BCUT2D eigenvalue weighted by molar-refractivity contribution is 9.10. The lowest BCUT2D eigenvalue weighted by Crippen LogP contribution is -2.36. The zero-order valence-corrected chi connectivity index (χ0v) is 11.1. The lowest BCUT2D eigenvalue weighted by Gasteiger charge is -2.19. The summed E-state index contributed by atoms with van der Waals surface area (Å²) in [6.07, 6.45) is 5.38. The van der Waals surface area contributed by atoms with Gasteiger partial charge < -0.3 is 0 Å². The van der Waals surface area contributed by atoms with E-state index in [4.69, 9.17) is 18.0 Å². The number of halogens is 2. The van der Waals surface area contributed by atoms with Crippen LogP contribution in [0.1, 0.15) is 19.4 Å². The van der Waals surface area contributed by atoms with Crippen LogP contribution in [0.25, 0.3) is 0 Å². The summed E-state index contributed by atoms with van der Waals surface area (Å²) in [6, 6.07) is 5.86. The van der Waals surface area contributed by atoms with Crippen LogP contribution in [-0.4, -0.2) is 5.54 Å². The van der Waals surface area contributed by atoms with E-state index in [1.165, 1.54) is 0 Å². The fourth-order valence-electron chi connectivity index (χ4n) is 1.02. The highest BCUT2D eigenvalue weighted by atomic mass is 79.9. The third kappa shape index (κ3) is 3.87.